The number of hydrogen-bond donors (Lipinski definition) is 2. The molecular weight excluding hydrogens is 364 g/mol. The Bertz CT molecular complexity index is 573. The Morgan fingerprint density at radius 3 is 2.56 bits per heavy atom. The van der Waals surface area contributed by atoms with Crippen molar-refractivity contribution in [2.75, 3.05) is 18.8 Å². The zero-order valence-corrected chi connectivity index (χ0v) is 17.4. The molecule has 1 saturated carbocycles. The van der Waals surface area contributed by atoms with Crippen LogP contribution in [0.2, 0.25) is 0 Å². The van der Waals surface area contributed by atoms with Gasteiger partial charge in [-0.1, -0.05) is 44.9 Å². The molecule has 2 amide bonds. The fourth-order valence-electron chi connectivity index (χ4n) is 3.50. The van der Waals surface area contributed by atoms with Gasteiger partial charge in [-0.25, -0.2) is 5.43 Å². The summed E-state index contributed by atoms with van der Waals surface area (Å²) in [6.45, 7) is 7.66. The second-order valence-corrected chi connectivity index (χ2v) is 8.72. The van der Waals surface area contributed by atoms with Crippen LogP contribution in [0.1, 0.15) is 59.3 Å². The van der Waals surface area contributed by atoms with Crippen LogP contribution in [0, 0.1) is 11.8 Å². The molecule has 8 heteroatoms. The van der Waals surface area contributed by atoms with Gasteiger partial charge in [-0.15, -0.1) is 5.10 Å². The number of amides is 2. The number of nitrogens with one attached hydrogen (secondary N) is 2. The van der Waals surface area contributed by atoms with Crippen molar-refractivity contribution in [1.82, 2.24) is 15.6 Å². The van der Waals surface area contributed by atoms with Crippen molar-refractivity contribution in [2.45, 2.75) is 65.3 Å². The molecule has 0 aromatic heterocycles. The average molecular weight is 397 g/mol. The number of rotatable bonds is 8. The van der Waals surface area contributed by atoms with Crippen molar-refractivity contribution in [3.8, 4) is 0 Å². The SMILES string of the molecule is CCN1CCSC1=NNC(=O)C(=O)[C@H](CC(C)C)NC(=O)C1CCCCC1. The van der Waals surface area contributed by atoms with E-state index in [2.05, 4.69) is 15.8 Å². The largest absolute Gasteiger partial charge is 0.349 e. The Kier molecular flexibility index (Phi) is 8.60. The molecule has 1 heterocycles. The molecule has 1 aliphatic heterocycles. The predicted octanol–water partition coefficient (Wildman–Crippen LogP) is 2.12. The second-order valence-electron chi connectivity index (χ2n) is 7.65. The molecule has 0 spiro atoms. The van der Waals surface area contributed by atoms with Gasteiger partial charge in [0.2, 0.25) is 11.7 Å². The lowest BCUT2D eigenvalue weighted by Gasteiger charge is -2.25. The van der Waals surface area contributed by atoms with Gasteiger partial charge < -0.3 is 10.2 Å². The summed E-state index contributed by atoms with van der Waals surface area (Å²) in [6, 6.07) is -0.793. The van der Waals surface area contributed by atoms with E-state index in [-0.39, 0.29) is 17.7 Å². The highest BCUT2D eigenvalue weighted by atomic mass is 32.2. The lowest BCUT2D eigenvalue weighted by Crippen LogP contribution is -2.49. The Morgan fingerprint density at radius 1 is 1.22 bits per heavy atom. The van der Waals surface area contributed by atoms with Gasteiger partial charge in [-0.05, 0) is 32.1 Å². The molecule has 2 aliphatic rings. The maximum absolute atomic E-state index is 12.6. The van der Waals surface area contributed by atoms with E-state index in [1.807, 2.05) is 25.7 Å². The van der Waals surface area contributed by atoms with Gasteiger partial charge in [-0.3, -0.25) is 14.4 Å². The first-order valence-corrected chi connectivity index (χ1v) is 11.0. The first-order valence-electron chi connectivity index (χ1n) is 10.0. The molecule has 0 bridgehead atoms. The number of thioether (sulfide) groups is 1. The van der Waals surface area contributed by atoms with Crippen LogP contribution in [0.4, 0.5) is 0 Å². The third kappa shape index (κ3) is 6.52. The summed E-state index contributed by atoms with van der Waals surface area (Å²) in [6.07, 6.45) is 5.41. The van der Waals surface area contributed by atoms with E-state index in [0.29, 0.717) is 6.42 Å². The van der Waals surface area contributed by atoms with Crippen molar-refractivity contribution >= 4 is 34.5 Å². The minimum Gasteiger partial charge on any atom is -0.349 e. The third-order valence-corrected chi connectivity index (χ3v) is 6.03. The standard InChI is InChI=1S/C19H32N4O3S/c1-4-23-10-11-27-19(23)22-21-18(26)16(24)15(12-13(2)3)20-17(25)14-8-6-5-7-9-14/h13-15H,4-12H2,1-3H3,(H,20,25)(H,21,26)/t15-/m0/s1. The summed E-state index contributed by atoms with van der Waals surface area (Å²) in [4.78, 5) is 39.5. The van der Waals surface area contributed by atoms with Gasteiger partial charge in [0.05, 0.1) is 6.04 Å². The molecule has 0 aromatic rings. The molecule has 152 valence electrons. The summed E-state index contributed by atoms with van der Waals surface area (Å²) in [5, 5.41) is 7.66. The van der Waals surface area contributed by atoms with E-state index >= 15 is 0 Å². The normalized spacial score (nSPS) is 20.7. The zero-order valence-electron chi connectivity index (χ0n) is 16.6. The summed E-state index contributed by atoms with van der Waals surface area (Å²) < 4.78 is 0. The predicted molar refractivity (Wildman–Crippen MR) is 108 cm³/mol. The van der Waals surface area contributed by atoms with E-state index in [1.54, 1.807) is 11.8 Å². The first-order chi connectivity index (χ1) is 12.9. The highest BCUT2D eigenvalue weighted by molar-refractivity contribution is 8.14. The van der Waals surface area contributed by atoms with E-state index < -0.39 is 17.7 Å². The van der Waals surface area contributed by atoms with E-state index in [0.717, 1.165) is 56.1 Å². The van der Waals surface area contributed by atoms with Gasteiger partial charge in [0.15, 0.2) is 5.17 Å². The van der Waals surface area contributed by atoms with Gasteiger partial charge in [0.25, 0.3) is 0 Å². The lowest BCUT2D eigenvalue weighted by atomic mass is 9.88. The van der Waals surface area contributed by atoms with Crippen LogP contribution < -0.4 is 10.7 Å². The first kappa shape index (κ1) is 21.7. The van der Waals surface area contributed by atoms with Crippen molar-refractivity contribution in [3.05, 3.63) is 0 Å². The molecule has 7 nitrogen and oxygen atoms in total. The average Bonchev–Trinajstić information content (AvgIpc) is 3.12. The number of amidine groups is 1. The Hall–Kier alpha value is -1.57. The van der Waals surface area contributed by atoms with Crippen LogP contribution in [0.25, 0.3) is 0 Å². The maximum atomic E-state index is 12.6. The number of hydrogen-bond acceptors (Lipinski definition) is 5. The monoisotopic (exact) mass is 396 g/mol. The van der Waals surface area contributed by atoms with Crippen molar-refractivity contribution in [1.29, 1.82) is 0 Å². The number of ketones is 1. The van der Waals surface area contributed by atoms with Gasteiger partial charge in [-0.2, -0.15) is 0 Å². The molecule has 1 atom stereocenters. The van der Waals surface area contributed by atoms with E-state index in [9.17, 15) is 14.4 Å². The van der Waals surface area contributed by atoms with Crippen LogP contribution in [0.5, 0.6) is 0 Å². The van der Waals surface area contributed by atoms with Crippen molar-refractivity contribution < 1.29 is 14.4 Å². The summed E-state index contributed by atoms with van der Waals surface area (Å²) in [5.74, 6) is -0.423. The summed E-state index contributed by atoms with van der Waals surface area (Å²) in [7, 11) is 0. The fourth-order valence-corrected chi connectivity index (χ4v) is 4.51. The minimum atomic E-state index is -0.793. The smallest absolute Gasteiger partial charge is 0.309 e. The molecule has 2 rings (SSSR count). The molecule has 0 unspecified atom stereocenters. The minimum absolute atomic E-state index is 0.0440. The number of carbonyl (C=O) groups excluding carboxylic acids is 3. The molecule has 2 fully saturated rings. The maximum Gasteiger partial charge on any atom is 0.309 e. The van der Waals surface area contributed by atoms with Gasteiger partial charge in [0.1, 0.15) is 0 Å². The van der Waals surface area contributed by atoms with Gasteiger partial charge in [0, 0.05) is 24.8 Å². The molecule has 27 heavy (non-hydrogen) atoms. The Labute approximate surface area is 166 Å². The van der Waals surface area contributed by atoms with E-state index in [1.165, 1.54) is 0 Å². The molecule has 1 aliphatic carbocycles. The van der Waals surface area contributed by atoms with Gasteiger partial charge >= 0.3 is 5.91 Å². The van der Waals surface area contributed by atoms with Crippen LogP contribution in [-0.2, 0) is 14.4 Å². The second kappa shape index (κ2) is 10.7. The van der Waals surface area contributed by atoms with Crippen LogP contribution >= 0.6 is 11.8 Å². The number of nitrogens with zero attached hydrogens (tertiary/aromatic N) is 2. The molecule has 2 N–H and O–H groups in total. The van der Waals surface area contributed by atoms with Crippen molar-refractivity contribution in [2.24, 2.45) is 16.9 Å². The Balaban J connectivity index is 1.97. The molecular formula is C19H32N4O3S. The Morgan fingerprint density at radius 2 is 1.93 bits per heavy atom. The van der Waals surface area contributed by atoms with Crippen LogP contribution in [0.3, 0.4) is 0 Å². The molecule has 1 saturated heterocycles. The van der Waals surface area contributed by atoms with E-state index in [4.69, 9.17) is 0 Å². The quantitative estimate of drug-likeness (QED) is 0.484. The summed E-state index contributed by atoms with van der Waals surface area (Å²) in [5.41, 5.74) is 2.38. The lowest BCUT2D eigenvalue weighted by molar-refractivity contribution is -0.140. The molecule has 0 aromatic carbocycles. The highest BCUT2D eigenvalue weighted by Gasteiger charge is 2.31. The van der Waals surface area contributed by atoms with Crippen LogP contribution in [-0.4, -0.2) is 52.5 Å². The number of Topliss-reactive ketones (excluding diaryl/α,β-unsaturated/α-hetero) is 1. The van der Waals surface area contributed by atoms with Crippen molar-refractivity contribution in [3.63, 3.8) is 0 Å². The molecule has 0 radical (unpaired) electrons. The fraction of sp³-hybridized carbons (Fsp3) is 0.789. The summed E-state index contributed by atoms with van der Waals surface area (Å²) >= 11 is 1.56. The third-order valence-electron chi connectivity index (χ3n) is 5.04. The van der Waals surface area contributed by atoms with Crippen LogP contribution in [0.15, 0.2) is 5.10 Å². The highest BCUT2D eigenvalue weighted by Crippen LogP contribution is 2.24. The topological polar surface area (TPSA) is 90.9 Å². The number of carbonyl (C=O) groups is 3. The number of hydrazone groups is 1. The zero-order chi connectivity index (χ0) is 19.8.